The third-order valence-corrected chi connectivity index (χ3v) is 8.68. The number of piperazine rings is 1. The van der Waals surface area contributed by atoms with Gasteiger partial charge in [-0.1, -0.05) is 0 Å². The lowest BCUT2D eigenvalue weighted by molar-refractivity contribution is -0.384. The van der Waals surface area contributed by atoms with Crippen molar-refractivity contribution in [1.82, 2.24) is 14.2 Å². The average molecular weight is 514 g/mol. The maximum atomic E-state index is 13.6. The molecule has 10 nitrogen and oxygen atoms in total. The van der Waals surface area contributed by atoms with E-state index in [2.05, 4.69) is 9.88 Å². The summed E-state index contributed by atoms with van der Waals surface area (Å²) in [6.07, 6.45) is 2.07. The molecule has 1 atom stereocenters. The Morgan fingerprint density at radius 2 is 1.75 bits per heavy atom. The number of amides is 1. The normalized spacial score (nSPS) is 19.1. The molecule has 0 bridgehead atoms. The van der Waals surface area contributed by atoms with E-state index in [1.807, 2.05) is 6.07 Å². The molecule has 2 aliphatic heterocycles. The molecule has 188 valence electrons. The second-order valence-corrected chi connectivity index (χ2v) is 10.8. The van der Waals surface area contributed by atoms with Gasteiger partial charge in [-0.15, -0.1) is 0 Å². The molecule has 0 N–H and O–H groups in total. The molecule has 2 fully saturated rings. The SMILES string of the molecule is O=C(C1CCN(S(=O)(=O)c2ccc([N+](=O)[O-])cc2)C1)N1CCN(c2ccnc3cc(F)ccc23)CC1. The predicted octanol–water partition coefficient (Wildman–Crippen LogP) is 2.64. The molecular weight excluding hydrogens is 489 g/mol. The first-order valence-electron chi connectivity index (χ1n) is 11.6. The van der Waals surface area contributed by atoms with Gasteiger partial charge in [0.2, 0.25) is 15.9 Å². The number of halogens is 1. The van der Waals surface area contributed by atoms with Gasteiger partial charge in [0, 0.05) is 74.7 Å². The highest BCUT2D eigenvalue weighted by Gasteiger charge is 2.38. The maximum Gasteiger partial charge on any atom is 0.269 e. The van der Waals surface area contributed by atoms with Crippen LogP contribution >= 0.6 is 0 Å². The Morgan fingerprint density at radius 1 is 1.03 bits per heavy atom. The molecule has 0 saturated carbocycles. The van der Waals surface area contributed by atoms with Crippen LogP contribution in [0, 0.1) is 21.8 Å². The van der Waals surface area contributed by atoms with E-state index in [9.17, 15) is 27.7 Å². The molecule has 36 heavy (non-hydrogen) atoms. The van der Waals surface area contributed by atoms with Gasteiger partial charge in [0.15, 0.2) is 0 Å². The van der Waals surface area contributed by atoms with Crippen LogP contribution < -0.4 is 4.90 Å². The highest BCUT2D eigenvalue weighted by Crippen LogP contribution is 2.29. The molecule has 0 spiro atoms. The largest absolute Gasteiger partial charge is 0.367 e. The van der Waals surface area contributed by atoms with Crippen molar-refractivity contribution in [2.24, 2.45) is 5.92 Å². The lowest BCUT2D eigenvalue weighted by atomic mass is 10.1. The van der Waals surface area contributed by atoms with Gasteiger partial charge in [-0.3, -0.25) is 19.9 Å². The van der Waals surface area contributed by atoms with Gasteiger partial charge in [-0.2, -0.15) is 4.31 Å². The number of nitrogens with zero attached hydrogens (tertiary/aromatic N) is 5. The fourth-order valence-corrected chi connectivity index (χ4v) is 6.34. The van der Waals surface area contributed by atoms with Gasteiger partial charge in [0.25, 0.3) is 5.69 Å². The Hall–Kier alpha value is -3.64. The predicted molar refractivity (Wildman–Crippen MR) is 130 cm³/mol. The minimum Gasteiger partial charge on any atom is -0.367 e. The number of benzene rings is 2. The zero-order chi connectivity index (χ0) is 25.4. The molecule has 0 aliphatic carbocycles. The van der Waals surface area contributed by atoms with Crippen molar-refractivity contribution in [3.05, 3.63) is 70.7 Å². The summed E-state index contributed by atoms with van der Waals surface area (Å²) in [6, 6.07) is 11.2. The average Bonchev–Trinajstić information content (AvgIpc) is 3.39. The number of hydrogen-bond acceptors (Lipinski definition) is 7. The number of pyridine rings is 1. The van der Waals surface area contributed by atoms with E-state index in [1.165, 1.54) is 28.6 Å². The molecular formula is C24H24FN5O5S. The molecule has 1 unspecified atom stereocenters. The molecule has 5 rings (SSSR count). The third-order valence-electron chi connectivity index (χ3n) is 6.80. The fraction of sp³-hybridized carbons (Fsp3) is 0.333. The summed E-state index contributed by atoms with van der Waals surface area (Å²) in [4.78, 5) is 31.6. The topological polar surface area (TPSA) is 117 Å². The van der Waals surface area contributed by atoms with Gasteiger partial charge < -0.3 is 9.80 Å². The summed E-state index contributed by atoms with van der Waals surface area (Å²) in [6.45, 7) is 2.48. The van der Waals surface area contributed by atoms with Crippen molar-refractivity contribution < 1.29 is 22.5 Å². The zero-order valence-corrected chi connectivity index (χ0v) is 20.1. The third kappa shape index (κ3) is 4.49. The summed E-state index contributed by atoms with van der Waals surface area (Å²) in [7, 11) is -3.85. The first kappa shape index (κ1) is 24.1. The summed E-state index contributed by atoms with van der Waals surface area (Å²) in [5, 5.41) is 11.7. The van der Waals surface area contributed by atoms with Gasteiger partial charge in [-0.25, -0.2) is 12.8 Å². The van der Waals surface area contributed by atoms with Crippen molar-refractivity contribution in [2.75, 3.05) is 44.2 Å². The standard InChI is InChI=1S/C24H24FN5O5S/c25-18-1-6-21-22(15-18)26-9-7-23(21)27-11-13-28(14-12-27)24(31)17-8-10-29(16-17)36(34,35)20-4-2-19(3-5-20)30(32)33/h1-7,9,15,17H,8,10-14,16H2. The highest BCUT2D eigenvalue weighted by atomic mass is 32.2. The molecule has 2 saturated heterocycles. The van der Waals surface area contributed by atoms with Crippen LogP contribution in [0.25, 0.3) is 10.9 Å². The Morgan fingerprint density at radius 3 is 2.44 bits per heavy atom. The van der Waals surface area contributed by atoms with Crippen molar-refractivity contribution in [3.63, 3.8) is 0 Å². The zero-order valence-electron chi connectivity index (χ0n) is 19.3. The molecule has 12 heteroatoms. The summed E-state index contributed by atoms with van der Waals surface area (Å²) >= 11 is 0. The number of non-ortho nitro benzene ring substituents is 1. The number of nitro benzene ring substituents is 1. The minimum atomic E-state index is -3.85. The van der Waals surface area contributed by atoms with E-state index < -0.39 is 20.9 Å². The number of nitro groups is 1. The Balaban J connectivity index is 1.22. The maximum absolute atomic E-state index is 13.6. The van der Waals surface area contributed by atoms with Crippen LogP contribution in [0.15, 0.2) is 59.6 Å². The quantitative estimate of drug-likeness (QED) is 0.380. The van der Waals surface area contributed by atoms with Crippen LogP contribution in [-0.2, 0) is 14.8 Å². The molecule has 3 heterocycles. The number of carbonyl (C=O) groups is 1. The van der Waals surface area contributed by atoms with E-state index >= 15 is 0 Å². The van der Waals surface area contributed by atoms with Crippen LogP contribution in [0.5, 0.6) is 0 Å². The Labute approximate surface area is 207 Å². The van der Waals surface area contributed by atoms with Crippen LogP contribution in [0.2, 0.25) is 0 Å². The van der Waals surface area contributed by atoms with Gasteiger partial charge >= 0.3 is 0 Å². The van der Waals surface area contributed by atoms with Crippen molar-refractivity contribution in [2.45, 2.75) is 11.3 Å². The van der Waals surface area contributed by atoms with Crippen molar-refractivity contribution in [3.8, 4) is 0 Å². The van der Waals surface area contributed by atoms with E-state index in [1.54, 1.807) is 17.2 Å². The summed E-state index contributed by atoms with van der Waals surface area (Å²) in [5.41, 5.74) is 1.33. The molecule has 0 radical (unpaired) electrons. The number of hydrogen-bond donors (Lipinski definition) is 0. The molecule has 2 aromatic carbocycles. The molecule has 3 aromatic rings. The van der Waals surface area contributed by atoms with Crippen LogP contribution in [0.3, 0.4) is 0 Å². The number of carbonyl (C=O) groups excluding carboxylic acids is 1. The first-order chi connectivity index (χ1) is 17.2. The van der Waals surface area contributed by atoms with E-state index in [-0.39, 0.29) is 35.4 Å². The lowest BCUT2D eigenvalue weighted by Crippen LogP contribution is -2.50. The van der Waals surface area contributed by atoms with Crippen molar-refractivity contribution >= 4 is 38.2 Å². The van der Waals surface area contributed by atoms with Crippen molar-refractivity contribution in [1.29, 1.82) is 0 Å². The lowest BCUT2D eigenvalue weighted by Gasteiger charge is -2.37. The number of fused-ring (bicyclic) bond motifs is 1. The van der Waals surface area contributed by atoms with Gasteiger partial charge in [0.1, 0.15) is 5.82 Å². The highest BCUT2D eigenvalue weighted by molar-refractivity contribution is 7.89. The van der Waals surface area contributed by atoms with E-state index in [0.717, 1.165) is 23.2 Å². The summed E-state index contributed by atoms with van der Waals surface area (Å²) < 4.78 is 40.8. The molecule has 1 aromatic heterocycles. The van der Waals surface area contributed by atoms with Gasteiger partial charge in [-0.05, 0) is 36.8 Å². The van der Waals surface area contributed by atoms with Crippen LogP contribution in [0.4, 0.5) is 15.8 Å². The fourth-order valence-electron chi connectivity index (χ4n) is 4.84. The number of anilines is 1. The van der Waals surface area contributed by atoms with Gasteiger partial charge in [0.05, 0.1) is 21.3 Å². The molecule has 2 aliphatic rings. The van der Waals surface area contributed by atoms with Crippen LogP contribution in [0.1, 0.15) is 6.42 Å². The number of rotatable bonds is 5. The summed E-state index contributed by atoms with van der Waals surface area (Å²) in [5.74, 6) is -0.851. The first-order valence-corrected chi connectivity index (χ1v) is 13.0. The monoisotopic (exact) mass is 513 g/mol. The molecule has 1 amide bonds. The minimum absolute atomic E-state index is 0.0285. The van der Waals surface area contributed by atoms with E-state index in [0.29, 0.717) is 38.1 Å². The van der Waals surface area contributed by atoms with Crippen LogP contribution in [-0.4, -0.2) is 72.7 Å². The second-order valence-electron chi connectivity index (χ2n) is 8.90. The smallest absolute Gasteiger partial charge is 0.269 e. The number of aromatic nitrogens is 1. The van der Waals surface area contributed by atoms with E-state index in [4.69, 9.17) is 0 Å². The second kappa shape index (κ2) is 9.43. The number of sulfonamides is 1. The Kier molecular flexibility index (Phi) is 6.31. The Bertz CT molecular complexity index is 1420.